The minimum atomic E-state index is -0.404. The lowest BCUT2D eigenvalue weighted by molar-refractivity contribution is -0.134. The number of rotatable bonds is 3. The highest BCUT2D eigenvalue weighted by atomic mass is 16.5. The Balaban J connectivity index is 2.89. The van der Waals surface area contributed by atoms with Crippen molar-refractivity contribution in [1.29, 1.82) is 0 Å². The van der Waals surface area contributed by atoms with Crippen LogP contribution >= 0.6 is 0 Å². The predicted octanol–water partition coefficient (Wildman–Crippen LogP) is 0.765. The van der Waals surface area contributed by atoms with E-state index in [1.807, 2.05) is 6.07 Å². The number of nitrogens with zero attached hydrogens (tertiary/aromatic N) is 1. The third-order valence-electron chi connectivity index (χ3n) is 2.04. The Bertz CT molecular complexity index is 414. The minimum Gasteiger partial charge on any atom is -0.466 e. The molecule has 0 aliphatic heterocycles. The van der Waals surface area contributed by atoms with Gasteiger partial charge in [-0.05, 0) is 23.8 Å². The Hall–Kier alpha value is -2.01. The van der Waals surface area contributed by atoms with E-state index >= 15 is 0 Å². The maximum absolute atomic E-state index is 10.9. The van der Waals surface area contributed by atoms with Crippen LogP contribution in [0.2, 0.25) is 0 Å². The van der Waals surface area contributed by atoms with Crippen LogP contribution in [-0.2, 0) is 9.53 Å². The topological polar surface area (TPSA) is 81.6 Å². The number of hydrogen-bond donors (Lipinski definition) is 2. The largest absolute Gasteiger partial charge is 0.466 e. The number of esters is 1. The van der Waals surface area contributed by atoms with E-state index in [2.05, 4.69) is 4.74 Å². The second kappa shape index (κ2) is 5.18. The van der Waals surface area contributed by atoms with Crippen LogP contribution in [0.4, 0.5) is 11.4 Å². The SMILES string of the molecule is COC(=O)/C=C/c1ccc(N(C)N)c(N)c1. The van der Waals surface area contributed by atoms with E-state index in [4.69, 9.17) is 11.6 Å². The zero-order valence-electron chi connectivity index (χ0n) is 9.31. The van der Waals surface area contributed by atoms with E-state index in [1.165, 1.54) is 18.2 Å². The Morgan fingerprint density at radius 1 is 1.50 bits per heavy atom. The fourth-order valence-electron chi connectivity index (χ4n) is 1.23. The van der Waals surface area contributed by atoms with Gasteiger partial charge in [0.05, 0.1) is 18.5 Å². The first-order chi connectivity index (χ1) is 7.54. The van der Waals surface area contributed by atoms with Gasteiger partial charge in [0.1, 0.15) is 0 Å². The van der Waals surface area contributed by atoms with Gasteiger partial charge in [0, 0.05) is 13.1 Å². The number of carbonyl (C=O) groups excluding carboxylic acids is 1. The Labute approximate surface area is 94.3 Å². The van der Waals surface area contributed by atoms with Crippen molar-refractivity contribution in [2.24, 2.45) is 5.84 Å². The van der Waals surface area contributed by atoms with Gasteiger partial charge in [-0.3, -0.25) is 0 Å². The number of nitrogens with two attached hydrogens (primary N) is 2. The summed E-state index contributed by atoms with van der Waals surface area (Å²) in [5.41, 5.74) is 7.89. The molecule has 0 unspecified atom stereocenters. The van der Waals surface area contributed by atoms with Gasteiger partial charge in [-0.1, -0.05) is 6.07 Å². The predicted molar refractivity (Wildman–Crippen MR) is 64.5 cm³/mol. The summed E-state index contributed by atoms with van der Waals surface area (Å²) in [5, 5.41) is 1.43. The molecule has 0 spiro atoms. The molecule has 0 heterocycles. The summed E-state index contributed by atoms with van der Waals surface area (Å²) in [6.07, 6.45) is 2.96. The summed E-state index contributed by atoms with van der Waals surface area (Å²) in [4.78, 5) is 10.9. The van der Waals surface area contributed by atoms with Crippen molar-refractivity contribution < 1.29 is 9.53 Å². The van der Waals surface area contributed by atoms with Crippen molar-refractivity contribution in [3.05, 3.63) is 29.8 Å². The molecule has 0 saturated carbocycles. The number of methoxy groups -OCH3 is 1. The van der Waals surface area contributed by atoms with E-state index in [1.54, 1.807) is 25.3 Å². The molecule has 16 heavy (non-hydrogen) atoms. The summed E-state index contributed by atoms with van der Waals surface area (Å²) in [6, 6.07) is 5.33. The summed E-state index contributed by atoms with van der Waals surface area (Å²) in [6.45, 7) is 0. The van der Waals surface area contributed by atoms with E-state index in [0.29, 0.717) is 5.69 Å². The number of nitrogen functional groups attached to an aromatic ring is 1. The lowest BCUT2D eigenvalue weighted by Gasteiger charge is -2.14. The molecule has 0 aliphatic carbocycles. The van der Waals surface area contributed by atoms with Crippen LogP contribution in [-0.4, -0.2) is 20.1 Å². The first-order valence-corrected chi connectivity index (χ1v) is 4.68. The van der Waals surface area contributed by atoms with Gasteiger partial charge in [-0.25, -0.2) is 10.6 Å². The third kappa shape index (κ3) is 2.99. The monoisotopic (exact) mass is 221 g/mol. The molecule has 0 bridgehead atoms. The van der Waals surface area contributed by atoms with Crippen LogP contribution in [0.15, 0.2) is 24.3 Å². The first-order valence-electron chi connectivity index (χ1n) is 4.68. The van der Waals surface area contributed by atoms with Gasteiger partial charge >= 0.3 is 5.97 Å². The van der Waals surface area contributed by atoms with Crippen molar-refractivity contribution in [3.63, 3.8) is 0 Å². The van der Waals surface area contributed by atoms with Crippen LogP contribution < -0.4 is 16.6 Å². The zero-order valence-corrected chi connectivity index (χ0v) is 9.31. The molecule has 0 atom stereocenters. The van der Waals surface area contributed by atoms with Crippen LogP contribution in [0.25, 0.3) is 6.08 Å². The molecular weight excluding hydrogens is 206 g/mol. The molecule has 5 heteroatoms. The second-order valence-corrected chi connectivity index (χ2v) is 3.29. The van der Waals surface area contributed by atoms with Crippen LogP contribution in [0.3, 0.4) is 0 Å². The van der Waals surface area contributed by atoms with Crippen LogP contribution in [0.5, 0.6) is 0 Å². The summed E-state index contributed by atoms with van der Waals surface area (Å²) in [5.74, 6) is 5.17. The number of ether oxygens (including phenoxy) is 1. The van der Waals surface area contributed by atoms with Gasteiger partial charge in [0.15, 0.2) is 0 Å². The molecule has 1 rings (SSSR count). The van der Waals surface area contributed by atoms with E-state index in [-0.39, 0.29) is 0 Å². The van der Waals surface area contributed by atoms with Gasteiger partial charge < -0.3 is 15.5 Å². The molecule has 0 aliphatic rings. The lowest BCUT2D eigenvalue weighted by Crippen LogP contribution is -2.25. The van der Waals surface area contributed by atoms with Gasteiger partial charge in [-0.15, -0.1) is 0 Å². The number of hydrazine groups is 1. The molecule has 1 aromatic carbocycles. The Morgan fingerprint density at radius 3 is 2.69 bits per heavy atom. The Morgan fingerprint density at radius 2 is 2.19 bits per heavy atom. The molecule has 86 valence electrons. The molecule has 0 radical (unpaired) electrons. The fraction of sp³-hybridized carbons (Fsp3) is 0.182. The second-order valence-electron chi connectivity index (χ2n) is 3.29. The van der Waals surface area contributed by atoms with Crippen LogP contribution in [0.1, 0.15) is 5.56 Å². The Kier molecular flexibility index (Phi) is 3.90. The van der Waals surface area contributed by atoms with E-state index in [0.717, 1.165) is 11.3 Å². The average Bonchev–Trinajstić information content (AvgIpc) is 2.25. The highest BCUT2D eigenvalue weighted by Gasteiger charge is 2.01. The first kappa shape index (κ1) is 12.1. The fourth-order valence-corrected chi connectivity index (χ4v) is 1.23. The summed E-state index contributed by atoms with van der Waals surface area (Å²) < 4.78 is 4.48. The molecule has 0 fully saturated rings. The number of benzene rings is 1. The van der Waals surface area contributed by atoms with Crippen molar-refractivity contribution in [2.45, 2.75) is 0 Å². The average molecular weight is 221 g/mol. The quantitative estimate of drug-likeness (QED) is 0.259. The molecule has 5 nitrogen and oxygen atoms in total. The minimum absolute atomic E-state index is 0.404. The van der Waals surface area contributed by atoms with Crippen molar-refractivity contribution in [1.82, 2.24) is 0 Å². The maximum Gasteiger partial charge on any atom is 0.330 e. The molecule has 0 amide bonds. The lowest BCUT2D eigenvalue weighted by atomic mass is 10.1. The number of hydrogen-bond acceptors (Lipinski definition) is 5. The normalized spacial score (nSPS) is 10.4. The van der Waals surface area contributed by atoms with Crippen molar-refractivity contribution in [3.8, 4) is 0 Å². The van der Waals surface area contributed by atoms with E-state index in [9.17, 15) is 4.79 Å². The maximum atomic E-state index is 10.9. The third-order valence-corrected chi connectivity index (χ3v) is 2.04. The van der Waals surface area contributed by atoms with Gasteiger partial charge in [0.25, 0.3) is 0 Å². The molecule has 4 N–H and O–H groups in total. The number of carbonyl (C=O) groups is 1. The molecule has 0 saturated heterocycles. The van der Waals surface area contributed by atoms with Gasteiger partial charge in [0.2, 0.25) is 0 Å². The smallest absolute Gasteiger partial charge is 0.330 e. The highest BCUT2D eigenvalue weighted by molar-refractivity contribution is 5.87. The summed E-state index contributed by atoms with van der Waals surface area (Å²) in [7, 11) is 3.03. The zero-order chi connectivity index (χ0) is 12.1. The standard InChI is InChI=1S/C11H15N3O2/c1-14(13)10-5-3-8(7-9(10)12)4-6-11(15)16-2/h3-7H,12-13H2,1-2H3/b6-4+. The van der Waals surface area contributed by atoms with Crippen molar-refractivity contribution in [2.75, 3.05) is 24.9 Å². The summed E-state index contributed by atoms with van der Waals surface area (Å²) >= 11 is 0. The number of anilines is 2. The van der Waals surface area contributed by atoms with Gasteiger partial charge in [-0.2, -0.15) is 0 Å². The van der Waals surface area contributed by atoms with Crippen molar-refractivity contribution >= 4 is 23.4 Å². The molecule has 0 aromatic heterocycles. The van der Waals surface area contributed by atoms with E-state index < -0.39 is 5.97 Å². The molecule has 1 aromatic rings. The van der Waals surface area contributed by atoms with Crippen LogP contribution in [0, 0.1) is 0 Å². The highest BCUT2D eigenvalue weighted by Crippen LogP contribution is 2.21. The molecular formula is C11H15N3O2.